The van der Waals surface area contributed by atoms with Gasteiger partial charge in [-0.25, -0.2) is 0 Å². The van der Waals surface area contributed by atoms with Crippen LogP contribution in [-0.2, 0) is 11.8 Å². The molecule has 0 bridgehead atoms. The van der Waals surface area contributed by atoms with E-state index >= 15 is 0 Å². The Morgan fingerprint density at radius 1 is 1.17 bits per heavy atom. The molecule has 1 aliphatic rings. The molecule has 1 saturated carbocycles. The van der Waals surface area contributed by atoms with Crippen LogP contribution in [0.25, 0.3) is 0 Å². The molecule has 0 aliphatic heterocycles. The Morgan fingerprint density at radius 3 is 2.38 bits per heavy atom. The lowest BCUT2D eigenvalue weighted by Gasteiger charge is -2.23. The summed E-state index contributed by atoms with van der Waals surface area (Å²) in [6.07, 6.45) is 7.49. The summed E-state index contributed by atoms with van der Waals surface area (Å²) in [5, 5.41) is 3.39. The Bertz CT molecular complexity index is 519. The van der Waals surface area contributed by atoms with Crippen molar-refractivity contribution in [2.24, 2.45) is 16.6 Å². The predicted molar refractivity (Wildman–Crippen MR) is 105 cm³/mol. The summed E-state index contributed by atoms with van der Waals surface area (Å²) in [6, 6.07) is 9.55. The lowest BCUT2D eigenvalue weighted by atomic mass is 9.86. The van der Waals surface area contributed by atoms with Crippen LogP contribution in [0.15, 0.2) is 29.3 Å². The van der Waals surface area contributed by atoms with Crippen LogP contribution in [-0.4, -0.2) is 18.5 Å². The van der Waals surface area contributed by atoms with Gasteiger partial charge in [-0.15, -0.1) is 0 Å². The van der Waals surface area contributed by atoms with Crippen LogP contribution in [0.5, 0.6) is 0 Å². The summed E-state index contributed by atoms with van der Waals surface area (Å²) < 4.78 is 0. The number of guanidine groups is 1. The van der Waals surface area contributed by atoms with Gasteiger partial charge in [-0.05, 0) is 41.7 Å². The van der Waals surface area contributed by atoms with Gasteiger partial charge in [0.05, 0.1) is 0 Å². The van der Waals surface area contributed by atoms with Gasteiger partial charge in [-0.2, -0.15) is 0 Å². The smallest absolute Gasteiger partial charge is 0.188 e. The minimum absolute atomic E-state index is 0.216. The molecule has 3 heteroatoms. The minimum Gasteiger partial charge on any atom is -0.370 e. The van der Waals surface area contributed by atoms with Crippen molar-refractivity contribution in [2.45, 2.75) is 77.7 Å². The number of hydrogen-bond acceptors (Lipinski definition) is 1. The first kappa shape index (κ1) is 18.8. The molecule has 134 valence electrons. The van der Waals surface area contributed by atoms with Crippen molar-refractivity contribution < 1.29 is 0 Å². The molecule has 3 N–H and O–H groups in total. The fraction of sp³-hybridized carbons (Fsp3) is 0.667. The summed E-state index contributed by atoms with van der Waals surface area (Å²) in [7, 11) is 0. The molecule has 0 heterocycles. The number of nitrogens with one attached hydrogen (secondary N) is 1. The maximum Gasteiger partial charge on any atom is 0.188 e. The normalized spacial score (nSPS) is 18.4. The SMILES string of the molecule is CC(CN=C(N)NC1CCCCC1)Cc1ccc(C(C)(C)C)cc1. The molecule has 24 heavy (non-hydrogen) atoms. The zero-order valence-electron chi connectivity index (χ0n) is 15.9. The van der Waals surface area contributed by atoms with Crippen molar-refractivity contribution in [3.8, 4) is 0 Å². The van der Waals surface area contributed by atoms with Gasteiger partial charge in [0, 0.05) is 12.6 Å². The summed E-state index contributed by atoms with van der Waals surface area (Å²) >= 11 is 0. The van der Waals surface area contributed by atoms with Crippen LogP contribution in [0.3, 0.4) is 0 Å². The van der Waals surface area contributed by atoms with E-state index in [0.29, 0.717) is 17.9 Å². The van der Waals surface area contributed by atoms with Gasteiger partial charge in [0.1, 0.15) is 0 Å². The van der Waals surface area contributed by atoms with Gasteiger partial charge in [0.2, 0.25) is 0 Å². The first-order valence-corrected chi connectivity index (χ1v) is 9.50. The number of hydrogen-bond donors (Lipinski definition) is 2. The predicted octanol–water partition coefficient (Wildman–Crippen LogP) is 4.40. The van der Waals surface area contributed by atoms with E-state index in [1.54, 1.807) is 0 Å². The Kier molecular flexibility index (Phi) is 6.70. The quantitative estimate of drug-likeness (QED) is 0.621. The number of nitrogens with zero attached hydrogens (tertiary/aromatic N) is 1. The van der Waals surface area contributed by atoms with E-state index in [-0.39, 0.29) is 5.41 Å². The molecule has 1 unspecified atom stereocenters. The molecule has 2 rings (SSSR count). The second-order valence-corrected chi connectivity index (χ2v) is 8.46. The molecule has 0 radical (unpaired) electrons. The first-order chi connectivity index (χ1) is 11.3. The highest BCUT2D eigenvalue weighted by Gasteiger charge is 2.14. The van der Waals surface area contributed by atoms with E-state index < -0.39 is 0 Å². The Morgan fingerprint density at radius 2 is 1.79 bits per heavy atom. The molecule has 1 atom stereocenters. The van der Waals surface area contributed by atoms with Crippen molar-refractivity contribution >= 4 is 5.96 Å². The maximum atomic E-state index is 6.05. The Balaban J connectivity index is 1.79. The van der Waals surface area contributed by atoms with Gasteiger partial charge in [-0.3, -0.25) is 4.99 Å². The fourth-order valence-electron chi connectivity index (χ4n) is 3.36. The van der Waals surface area contributed by atoms with E-state index in [1.807, 2.05) is 0 Å². The Hall–Kier alpha value is -1.51. The molecular weight excluding hydrogens is 294 g/mol. The van der Waals surface area contributed by atoms with Crippen LogP contribution in [0.1, 0.15) is 70.9 Å². The van der Waals surface area contributed by atoms with Crippen molar-refractivity contribution in [1.82, 2.24) is 5.32 Å². The van der Waals surface area contributed by atoms with Crippen molar-refractivity contribution in [2.75, 3.05) is 6.54 Å². The fourth-order valence-corrected chi connectivity index (χ4v) is 3.36. The Labute approximate surface area is 148 Å². The summed E-state index contributed by atoms with van der Waals surface area (Å²) in [5.41, 5.74) is 9.03. The van der Waals surface area contributed by atoms with Gasteiger partial charge in [-0.1, -0.05) is 71.2 Å². The van der Waals surface area contributed by atoms with Gasteiger partial charge in [0.25, 0.3) is 0 Å². The van der Waals surface area contributed by atoms with Gasteiger partial charge >= 0.3 is 0 Å². The summed E-state index contributed by atoms with van der Waals surface area (Å²) in [6.45, 7) is 9.78. The molecule has 1 aromatic carbocycles. The largest absolute Gasteiger partial charge is 0.370 e. The van der Waals surface area contributed by atoms with E-state index in [0.717, 1.165) is 13.0 Å². The average Bonchev–Trinajstić information content (AvgIpc) is 2.53. The number of aliphatic imine (C=N–C) groups is 1. The zero-order valence-corrected chi connectivity index (χ0v) is 15.9. The molecule has 3 nitrogen and oxygen atoms in total. The van der Waals surface area contributed by atoms with Gasteiger partial charge < -0.3 is 11.1 Å². The number of nitrogens with two attached hydrogens (primary N) is 1. The second-order valence-electron chi connectivity index (χ2n) is 8.46. The topological polar surface area (TPSA) is 50.4 Å². The minimum atomic E-state index is 0.216. The highest BCUT2D eigenvalue weighted by atomic mass is 15.1. The first-order valence-electron chi connectivity index (χ1n) is 9.50. The highest BCUT2D eigenvalue weighted by Crippen LogP contribution is 2.23. The van der Waals surface area contributed by atoms with Crippen LogP contribution in [0.2, 0.25) is 0 Å². The van der Waals surface area contributed by atoms with E-state index in [2.05, 4.69) is 62.3 Å². The number of rotatable bonds is 5. The lowest BCUT2D eigenvalue weighted by Crippen LogP contribution is -2.41. The lowest BCUT2D eigenvalue weighted by molar-refractivity contribution is 0.412. The third-order valence-electron chi connectivity index (χ3n) is 4.93. The molecule has 0 amide bonds. The molecule has 1 fully saturated rings. The highest BCUT2D eigenvalue weighted by molar-refractivity contribution is 5.78. The summed E-state index contributed by atoms with van der Waals surface area (Å²) in [5.74, 6) is 1.12. The van der Waals surface area contributed by atoms with Crippen LogP contribution in [0.4, 0.5) is 0 Å². The molecule has 1 aliphatic carbocycles. The van der Waals surface area contributed by atoms with Crippen LogP contribution in [0, 0.1) is 5.92 Å². The van der Waals surface area contributed by atoms with Crippen LogP contribution >= 0.6 is 0 Å². The van der Waals surface area contributed by atoms with Crippen LogP contribution < -0.4 is 11.1 Å². The van der Waals surface area contributed by atoms with E-state index in [4.69, 9.17) is 5.73 Å². The second kappa shape index (κ2) is 8.55. The monoisotopic (exact) mass is 329 g/mol. The average molecular weight is 330 g/mol. The molecule has 1 aromatic rings. The maximum absolute atomic E-state index is 6.05. The van der Waals surface area contributed by atoms with Crippen molar-refractivity contribution in [1.29, 1.82) is 0 Å². The zero-order chi connectivity index (χ0) is 17.6. The third-order valence-corrected chi connectivity index (χ3v) is 4.93. The molecule has 0 saturated heterocycles. The van der Waals surface area contributed by atoms with Crippen molar-refractivity contribution in [3.63, 3.8) is 0 Å². The third kappa shape index (κ3) is 6.18. The summed E-state index contributed by atoms with van der Waals surface area (Å²) in [4.78, 5) is 4.55. The number of benzene rings is 1. The van der Waals surface area contributed by atoms with Crippen molar-refractivity contribution in [3.05, 3.63) is 35.4 Å². The molecular formula is C21H35N3. The molecule has 0 spiro atoms. The van der Waals surface area contributed by atoms with Gasteiger partial charge in [0.15, 0.2) is 5.96 Å². The van der Waals surface area contributed by atoms with E-state index in [9.17, 15) is 0 Å². The standard InChI is InChI=1S/C21H35N3/c1-16(14-17-10-12-18(13-11-17)21(2,3)4)15-23-20(22)24-19-8-6-5-7-9-19/h10-13,16,19H,5-9,14-15H2,1-4H3,(H3,22,23,24). The molecule has 0 aromatic heterocycles. The van der Waals surface area contributed by atoms with E-state index in [1.165, 1.54) is 43.2 Å².